The van der Waals surface area contributed by atoms with Gasteiger partial charge in [0.05, 0.1) is 0 Å². The van der Waals surface area contributed by atoms with Gasteiger partial charge in [-0.25, -0.2) is 13.2 Å². The van der Waals surface area contributed by atoms with Crippen molar-refractivity contribution in [1.29, 1.82) is 0 Å². The fraction of sp³-hybridized carbons (Fsp3) is 0.407. The standard InChI is InChI=1S/C27H29F3/c1-2-3-18-4-8-20(9-5-18)23-16-26(29)25(27(30)17-23)13-7-19-6-10-22-15-24(28)12-11-21(22)14-19/h6,10-12,14-18,20H,2-5,7-9,13H2,1H3/t18-,20-. The Balaban J connectivity index is 1.44. The van der Waals surface area contributed by atoms with E-state index in [1.54, 1.807) is 18.2 Å². The van der Waals surface area contributed by atoms with Crippen LogP contribution in [0.2, 0.25) is 0 Å². The fourth-order valence-electron chi connectivity index (χ4n) is 4.98. The van der Waals surface area contributed by atoms with E-state index >= 15 is 0 Å². The largest absolute Gasteiger partial charge is 0.207 e. The highest BCUT2D eigenvalue weighted by atomic mass is 19.1. The van der Waals surface area contributed by atoms with Crippen LogP contribution >= 0.6 is 0 Å². The van der Waals surface area contributed by atoms with Crippen LogP contribution in [0.4, 0.5) is 13.2 Å². The summed E-state index contributed by atoms with van der Waals surface area (Å²) in [7, 11) is 0. The third-order valence-corrected chi connectivity index (χ3v) is 6.71. The van der Waals surface area contributed by atoms with E-state index in [2.05, 4.69) is 6.92 Å². The summed E-state index contributed by atoms with van der Waals surface area (Å²) in [5.41, 5.74) is 1.97. The molecule has 3 aromatic carbocycles. The number of fused-ring (bicyclic) bond motifs is 1. The van der Waals surface area contributed by atoms with Crippen molar-refractivity contribution < 1.29 is 13.2 Å². The van der Waals surface area contributed by atoms with Crippen LogP contribution in [0.5, 0.6) is 0 Å². The van der Waals surface area contributed by atoms with Crippen LogP contribution in [0.3, 0.4) is 0 Å². The van der Waals surface area contributed by atoms with E-state index in [-0.39, 0.29) is 17.3 Å². The molecule has 0 amide bonds. The molecule has 0 atom stereocenters. The van der Waals surface area contributed by atoms with Gasteiger partial charge in [0.25, 0.3) is 0 Å². The molecule has 30 heavy (non-hydrogen) atoms. The van der Waals surface area contributed by atoms with Gasteiger partial charge in [-0.3, -0.25) is 0 Å². The van der Waals surface area contributed by atoms with E-state index in [9.17, 15) is 13.2 Å². The van der Waals surface area contributed by atoms with Gasteiger partial charge >= 0.3 is 0 Å². The molecule has 0 heterocycles. The smallest absolute Gasteiger partial charge is 0.129 e. The molecule has 0 radical (unpaired) electrons. The maximum Gasteiger partial charge on any atom is 0.129 e. The van der Waals surface area contributed by atoms with Gasteiger partial charge in [-0.05, 0) is 96.5 Å². The summed E-state index contributed by atoms with van der Waals surface area (Å²) in [6.45, 7) is 2.22. The van der Waals surface area contributed by atoms with E-state index in [4.69, 9.17) is 0 Å². The molecule has 3 heteroatoms. The van der Waals surface area contributed by atoms with Crippen LogP contribution in [0.1, 0.15) is 68.1 Å². The Hall–Kier alpha value is -2.29. The molecule has 0 bridgehead atoms. The van der Waals surface area contributed by atoms with Crippen molar-refractivity contribution in [3.8, 4) is 0 Å². The van der Waals surface area contributed by atoms with Crippen LogP contribution in [0.25, 0.3) is 10.8 Å². The van der Waals surface area contributed by atoms with Crippen molar-refractivity contribution in [2.75, 3.05) is 0 Å². The van der Waals surface area contributed by atoms with Crippen molar-refractivity contribution in [2.45, 2.75) is 64.2 Å². The van der Waals surface area contributed by atoms with E-state index < -0.39 is 11.6 Å². The predicted octanol–water partition coefficient (Wildman–Crippen LogP) is 8.12. The first kappa shape index (κ1) is 21.0. The highest BCUT2D eigenvalue weighted by molar-refractivity contribution is 5.83. The van der Waals surface area contributed by atoms with E-state index in [0.29, 0.717) is 12.8 Å². The third kappa shape index (κ3) is 4.71. The Morgan fingerprint density at radius 2 is 1.43 bits per heavy atom. The molecule has 0 saturated heterocycles. The molecule has 1 fully saturated rings. The minimum atomic E-state index is -0.427. The van der Waals surface area contributed by atoms with Gasteiger partial charge in [-0.15, -0.1) is 0 Å². The second kappa shape index (κ2) is 9.24. The van der Waals surface area contributed by atoms with Gasteiger partial charge in [-0.1, -0.05) is 44.0 Å². The van der Waals surface area contributed by atoms with Gasteiger partial charge in [0.2, 0.25) is 0 Å². The first-order chi connectivity index (χ1) is 14.5. The Labute approximate surface area is 177 Å². The van der Waals surface area contributed by atoms with E-state index in [0.717, 1.165) is 53.5 Å². The van der Waals surface area contributed by atoms with Crippen molar-refractivity contribution in [2.24, 2.45) is 5.92 Å². The monoisotopic (exact) mass is 410 g/mol. The van der Waals surface area contributed by atoms with Gasteiger partial charge in [0.1, 0.15) is 17.5 Å². The molecule has 1 aliphatic rings. The van der Waals surface area contributed by atoms with Crippen LogP contribution in [0.15, 0.2) is 48.5 Å². The van der Waals surface area contributed by atoms with Crippen LogP contribution in [0, 0.1) is 23.4 Å². The van der Waals surface area contributed by atoms with Gasteiger partial charge < -0.3 is 0 Å². The summed E-state index contributed by atoms with van der Waals surface area (Å²) in [4.78, 5) is 0. The zero-order valence-corrected chi connectivity index (χ0v) is 17.6. The molecular formula is C27H29F3. The molecule has 3 aromatic rings. The predicted molar refractivity (Wildman–Crippen MR) is 117 cm³/mol. The average Bonchev–Trinajstić information content (AvgIpc) is 2.74. The van der Waals surface area contributed by atoms with Gasteiger partial charge in [0, 0.05) is 5.56 Å². The molecule has 158 valence electrons. The maximum absolute atomic E-state index is 14.8. The first-order valence-corrected chi connectivity index (χ1v) is 11.2. The summed E-state index contributed by atoms with van der Waals surface area (Å²) < 4.78 is 42.9. The molecule has 0 aromatic heterocycles. The van der Waals surface area contributed by atoms with Crippen LogP contribution in [-0.4, -0.2) is 0 Å². The Morgan fingerprint density at radius 3 is 2.13 bits per heavy atom. The lowest BCUT2D eigenvalue weighted by molar-refractivity contribution is 0.307. The zero-order valence-electron chi connectivity index (χ0n) is 17.6. The summed E-state index contributed by atoms with van der Waals surface area (Å²) in [5, 5.41) is 1.76. The summed E-state index contributed by atoms with van der Waals surface area (Å²) in [6, 6.07) is 13.5. The number of hydrogen-bond acceptors (Lipinski definition) is 0. The van der Waals surface area contributed by atoms with Gasteiger partial charge in [-0.2, -0.15) is 0 Å². The third-order valence-electron chi connectivity index (χ3n) is 6.71. The number of rotatable bonds is 6. The number of halogens is 3. The van der Waals surface area contributed by atoms with Crippen molar-refractivity contribution >= 4 is 10.8 Å². The fourth-order valence-corrected chi connectivity index (χ4v) is 4.98. The second-order valence-corrected chi connectivity index (χ2v) is 8.80. The lowest BCUT2D eigenvalue weighted by Gasteiger charge is -2.29. The number of hydrogen-bond donors (Lipinski definition) is 0. The molecular weight excluding hydrogens is 381 g/mol. The lowest BCUT2D eigenvalue weighted by atomic mass is 9.77. The first-order valence-electron chi connectivity index (χ1n) is 11.2. The molecule has 0 nitrogen and oxygen atoms in total. The molecule has 1 aliphatic carbocycles. The minimum Gasteiger partial charge on any atom is -0.207 e. The average molecular weight is 411 g/mol. The van der Waals surface area contributed by atoms with Crippen molar-refractivity contribution in [3.63, 3.8) is 0 Å². The summed E-state index contributed by atoms with van der Waals surface area (Å²) in [6.07, 6.45) is 7.71. The highest BCUT2D eigenvalue weighted by Gasteiger charge is 2.23. The lowest BCUT2D eigenvalue weighted by Crippen LogP contribution is -2.14. The summed E-state index contributed by atoms with van der Waals surface area (Å²) in [5.74, 6) is -0.0684. The van der Waals surface area contributed by atoms with E-state index in [1.165, 1.54) is 25.0 Å². The molecule has 4 rings (SSSR count). The second-order valence-electron chi connectivity index (χ2n) is 8.80. The molecule has 0 aliphatic heterocycles. The maximum atomic E-state index is 14.8. The van der Waals surface area contributed by atoms with Crippen molar-refractivity contribution in [1.82, 2.24) is 0 Å². The van der Waals surface area contributed by atoms with Crippen molar-refractivity contribution in [3.05, 3.63) is 82.7 Å². The molecule has 0 N–H and O–H groups in total. The zero-order chi connectivity index (χ0) is 21.1. The van der Waals surface area contributed by atoms with Crippen LogP contribution < -0.4 is 0 Å². The molecule has 1 saturated carbocycles. The highest BCUT2D eigenvalue weighted by Crippen LogP contribution is 2.38. The Kier molecular flexibility index (Phi) is 6.46. The number of aryl methyl sites for hydroxylation is 1. The Bertz CT molecular complexity index is 993. The van der Waals surface area contributed by atoms with Gasteiger partial charge in [0.15, 0.2) is 0 Å². The normalized spacial score (nSPS) is 19.3. The molecule has 0 unspecified atom stereocenters. The van der Waals surface area contributed by atoms with Crippen LogP contribution in [-0.2, 0) is 12.8 Å². The minimum absolute atomic E-state index is 0.164. The SMILES string of the molecule is CCC[C@H]1CC[C@H](c2cc(F)c(CCc3ccc4cc(F)ccc4c3)c(F)c2)CC1. The quantitative estimate of drug-likeness (QED) is 0.385. The van der Waals surface area contributed by atoms with E-state index in [1.807, 2.05) is 18.2 Å². The topological polar surface area (TPSA) is 0 Å². The number of benzene rings is 3. The Morgan fingerprint density at radius 1 is 0.767 bits per heavy atom. The summed E-state index contributed by atoms with van der Waals surface area (Å²) >= 11 is 0. The molecule has 0 spiro atoms.